The first kappa shape index (κ1) is 31.8. The van der Waals surface area contributed by atoms with Gasteiger partial charge in [0.2, 0.25) is 0 Å². The average Bonchev–Trinajstić information content (AvgIpc) is 3.08. The molecule has 0 spiro atoms. The van der Waals surface area contributed by atoms with Crippen molar-refractivity contribution < 1.29 is 14.0 Å². The summed E-state index contributed by atoms with van der Waals surface area (Å²) in [5, 5.41) is 0. The number of methoxy groups -OCH3 is 1. The molecule has 0 aromatic heterocycles. The first-order valence-electron chi connectivity index (χ1n) is 14.8. The zero-order valence-corrected chi connectivity index (χ0v) is 28.0. The summed E-state index contributed by atoms with van der Waals surface area (Å²) < 4.78 is 25.2. The van der Waals surface area contributed by atoms with Crippen molar-refractivity contribution in [1.29, 1.82) is 0 Å². The van der Waals surface area contributed by atoms with Gasteiger partial charge in [-0.15, -0.1) is 0 Å². The van der Waals surface area contributed by atoms with Crippen LogP contribution >= 0.6 is 0 Å². The second kappa shape index (κ2) is 14.6. The van der Waals surface area contributed by atoms with Gasteiger partial charge in [0.05, 0.1) is 0 Å². The van der Waals surface area contributed by atoms with Crippen LogP contribution in [0, 0.1) is 0 Å². The van der Waals surface area contributed by atoms with Crippen molar-refractivity contribution in [2.24, 2.45) is 0 Å². The van der Waals surface area contributed by atoms with Gasteiger partial charge in [-0.25, -0.2) is 0 Å². The predicted octanol–water partition coefficient (Wildman–Crippen LogP) is 9.66. The molecule has 0 N–H and O–H groups in total. The molecule has 204 valence electrons. The van der Waals surface area contributed by atoms with E-state index in [1.807, 2.05) is 0 Å². The van der Waals surface area contributed by atoms with E-state index >= 15 is 0 Å². The third-order valence-electron chi connectivity index (χ3n) is 8.59. The Morgan fingerprint density at radius 1 is 0.750 bits per heavy atom. The number of unbranched alkanes of at least 4 members (excludes halogenated alkanes) is 4. The first-order chi connectivity index (χ1) is 17.1. The van der Waals surface area contributed by atoms with Crippen molar-refractivity contribution in [1.82, 2.24) is 0 Å². The van der Waals surface area contributed by atoms with Gasteiger partial charge in [-0.1, -0.05) is 0 Å². The minimum atomic E-state index is -2.86. The van der Waals surface area contributed by atoms with E-state index in [1.165, 1.54) is 75.7 Å². The SMILES string of the molecule is CCCC/C(B1OC(C)(C)C(C)(C)O1)=[C](\c1ccc(OC)cc1)[Sn]([CH2]CCC)([CH2]CCC)[CH2]CCC. The van der Waals surface area contributed by atoms with Crippen LogP contribution in [0.2, 0.25) is 13.3 Å². The van der Waals surface area contributed by atoms with Crippen molar-refractivity contribution in [2.75, 3.05) is 7.11 Å². The summed E-state index contributed by atoms with van der Waals surface area (Å²) >= 11 is -2.86. The molecule has 0 radical (unpaired) electrons. The third-order valence-corrected chi connectivity index (χ3v) is 24.6. The summed E-state index contributed by atoms with van der Waals surface area (Å²) in [6.45, 7) is 18.2. The number of allylic oxidation sites excluding steroid dienone is 1. The van der Waals surface area contributed by atoms with Gasteiger partial charge in [0.25, 0.3) is 0 Å². The van der Waals surface area contributed by atoms with E-state index in [1.54, 1.807) is 10.7 Å². The van der Waals surface area contributed by atoms with Crippen molar-refractivity contribution in [3.8, 4) is 5.75 Å². The van der Waals surface area contributed by atoms with Gasteiger partial charge in [0, 0.05) is 0 Å². The molecule has 36 heavy (non-hydrogen) atoms. The van der Waals surface area contributed by atoms with E-state index in [2.05, 4.69) is 79.7 Å². The molecule has 0 atom stereocenters. The maximum atomic E-state index is 6.81. The van der Waals surface area contributed by atoms with Crippen LogP contribution in [0.5, 0.6) is 5.75 Å². The summed E-state index contributed by atoms with van der Waals surface area (Å²) in [6.07, 6.45) is 11.3. The summed E-state index contributed by atoms with van der Waals surface area (Å²) in [4.78, 5) is 0. The topological polar surface area (TPSA) is 27.7 Å². The molecule has 0 aliphatic carbocycles. The van der Waals surface area contributed by atoms with Gasteiger partial charge in [0.15, 0.2) is 0 Å². The minimum absolute atomic E-state index is 0.250. The Morgan fingerprint density at radius 2 is 1.19 bits per heavy atom. The molecule has 2 rings (SSSR count). The summed E-state index contributed by atoms with van der Waals surface area (Å²) in [7, 11) is 1.51. The van der Waals surface area contributed by atoms with Gasteiger partial charge in [0.1, 0.15) is 0 Å². The number of ether oxygens (including phenoxy) is 1. The van der Waals surface area contributed by atoms with Gasteiger partial charge in [-0.2, -0.15) is 0 Å². The summed E-state index contributed by atoms with van der Waals surface area (Å²) in [6, 6.07) is 8.99. The summed E-state index contributed by atoms with van der Waals surface area (Å²) in [5.74, 6) is 0.931. The van der Waals surface area contributed by atoms with E-state index in [-0.39, 0.29) is 18.3 Å². The van der Waals surface area contributed by atoms with Gasteiger partial charge in [-0.3, -0.25) is 0 Å². The molecule has 1 saturated heterocycles. The van der Waals surface area contributed by atoms with Crippen LogP contribution in [0.1, 0.15) is 119 Å². The second-order valence-electron chi connectivity index (χ2n) is 11.9. The van der Waals surface area contributed by atoms with Crippen LogP contribution in [-0.2, 0) is 9.31 Å². The van der Waals surface area contributed by atoms with Crippen LogP contribution in [-0.4, -0.2) is 43.8 Å². The Morgan fingerprint density at radius 3 is 1.58 bits per heavy atom. The molecule has 0 amide bonds. The number of hydrogen-bond acceptors (Lipinski definition) is 3. The average molecular weight is 605 g/mol. The van der Waals surface area contributed by atoms with Crippen molar-refractivity contribution in [2.45, 2.75) is 138 Å². The van der Waals surface area contributed by atoms with Crippen LogP contribution < -0.4 is 4.74 Å². The number of rotatable bonds is 16. The molecule has 0 bridgehead atoms. The van der Waals surface area contributed by atoms with Gasteiger partial charge >= 0.3 is 229 Å². The van der Waals surface area contributed by atoms with E-state index in [0.29, 0.717) is 0 Å². The number of benzene rings is 1. The Balaban J connectivity index is 2.85. The van der Waals surface area contributed by atoms with Crippen molar-refractivity contribution in [3.63, 3.8) is 0 Å². The molecule has 1 aliphatic heterocycles. The molecule has 5 heteroatoms. The third kappa shape index (κ3) is 7.79. The molecule has 1 aliphatic rings. The molecule has 1 aromatic carbocycles. The summed E-state index contributed by atoms with van der Waals surface area (Å²) in [5.41, 5.74) is 2.24. The number of hydrogen-bond donors (Lipinski definition) is 0. The van der Waals surface area contributed by atoms with Crippen molar-refractivity contribution >= 4 is 29.1 Å². The van der Waals surface area contributed by atoms with E-state index in [4.69, 9.17) is 14.0 Å². The molecular formula is C31H55BO3Sn. The second-order valence-corrected chi connectivity index (χ2v) is 24.9. The van der Waals surface area contributed by atoms with E-state index in [0.717, 1.165) is 12.2 Å². The van der Waals surface area contributed by atoms with Crippen molar-refractivity contribution in [3.05, 3.63) is 35.3 Å². The Hall–Kier alpha value is -0.456. The molecule has 1 aromatic rings. The normalized spacial score (nSPS) is 17.9. The first-order valence-corrected chi connectivity index (χ1v) is 22.3. The van der Waals surface area contributed by atoms with Crippen LogP contribution in [0.4, 0.5) is 0 Å². The standard InChI is InChI=1S/C19H28BO3.3C4H9.Sn/c1-7-8-9-16(14-15-10-12-17(21-6)13-11-15)20-22-18(2,3)19(4,5)23-20;3*1-3-4-2;/h10-13H,7-9H2,1-6H3;3*1,3-4H2,2H3;. The predicted molar refractivity (Wildman–Crippen MR) is 160 cm³/mol. The Labute approximate surface area is 228 Å². The molecule has 0 unspecified atom stereocenters. The maximum absolute atomic E-state index is 6.81. The van der Waals surface area contributed by atoms with Gasteiger partial charge < -0.3 is 0 Å². The zero-order valence-electron chi connectivity index (χ0n) is 25.1. The van der Waals surface area contributed by atoms with E-state index in [9.17, 15) is 0 Å². The van der Waals surface area contributed by atoms with Crippen LogP contribution in [0.25, 0.3) is 3.59 Å². The van der Waals surface area contributed by atoms with Crippen LogP contribution in [0.3, 0.4) is 0 Å². The quantitative estimate of drug-likeness (QED) is 0.176. The molecule has 1 fully saturated rings. The molecule has 0 saturated carbocycles. The fourth-order valence-corrected chi connectivity index (χ4v) is 23.6. The Bertz CT molecular complexity index is 778. The monoisotopic (exact) mass is 606 g/mol. The Kier molecular flexibility index (Phi) is 12.9. The molecule has 3 nitrogen and oxygen atoms in total. The van der Waals surface area contributed by atoms with Crippen LogP contribution in [0.15, 0.2) is 29.7 Å². The van der Waals surface area contributed by atoms with E-state index < -0.39 is 18.4 Å². The fraction of sp³-hybridized carbons (Fsp3) is 0.742. The fourth-order valence-electron chi connectivity index (χ4n) is 5.60. The van der Waals surface area contributed by atoms with Gasteiger partial charge in [-0.05, 0) is 0 Å². The zero-order chi connectivity index (χ0) is 26.8. The molecule has 1 heterocycles. The molecular weight excluding hydrogens is 550 g/mol.